The molecule has 0 saturated heterocycles. The molecule has 1 aliphatic rings. The lowest BCUT2D eigenvalue weighted by atomic mass is 10.0. The van der Waals surface area contributed by atoms with Crippen molar-refractivity contribution in [3.63, 3.8) is 0 Å². The van der Waals surface area contributed by atoms with E-state index in [4.69, 9.17) is 14.5 Å². The molecule has 1 heterocycles. The summed E-state index contributed by atoms with van der Waals surface area (Å²) in [5.74, 6) is 1.80. The van der Waals surface area contributed by atoms with Crippen LogP contribution < -0.4 is 9.47 Å². The normalized spacial score (nSPS) is 17.4. The van der Waals surface area contributed by atoms with E-state index in [1.54, 1.807) is 14.2 Å². The molecule has 3 heteroatoms. The molecule has 2 aromatic carbocycles. The van der Waals surface area contributed by atoms with Crippen molar-refractivity contribution in [3.05, 3.63) is 59.7 Å². The number of hydrogen-bond acceptors (Lipinski definition) is 3. The Kier molecular flexibility index (Phi) is 3.91. The van der Waals surface area contributed by atoms with Gasteiger partial charge in [-0.1, -0.05) is 30.3 Å². The van der Waals surface area contributed by atoms with Gasteiger partial charge in [-0.05, 0) is 31.0 Å². The molecular formula is C18H19NO2. The molecule has 0 spiro atoms. The zero-order valence-electron chi connectivity index (χ0n) is 12.4. The Bertz CT molecular complexity index is 664. The minimum atomic E-state index is 0.168. The zero-order chi connectivity index (χ0) is 14.7. The minimum absolute atomic E-state index is 0.168. The molecule has 0 fully saturated rings. The summed E-state index contributed by atoms with van der Waals surface area (Å²) in [7, 11) is 3.41. The molecule has 0 saturated carbocycles. The van der Waals surface area contributed by atoms with Crippen molar-refractivity contribution in [1.82, 2.24) is 0 Å². The molecule has 0 amide bonds. The van der Waals surface area contributed by atoms with Gasteiger partial charge in [-0.2, -0.15) is 0 Å². The van der Waals surface area contributed by atoms with Crippen molar-refractivity contribution in [1.29, 1.82) is 0 Å². The molecule has 0 radical (unpaired) electrons. The molecule has 1 unspecified atom stereocenters. The number of nitrogens with zero attached hydrogens (tertiary/aromatic N) is 1. The predicted molar refractivity (Wildman–Crippen MR) is 84.5 cm³/mol. The van der Waals surface area contributed by atoms with Crippen LogP contribution >= 0.6 is 0 Å². The Morgan fingerprint density at radius 2 is 1.57 bits per heavy atom. The second-order valence-corrected chi connectivity index (χ2v) is 5.07. The van der Waals surface area contributed by atoms with E-state index in [2.05, 4.69) is 12.1 Å². The van der Waals surface area contributed by atoms with Gasteiger partial charge in [0.1, 0.15) is 11.5 Å². The molecule has 1 aliphatic heterocycles. The number of hydrogen-bond donors (Lipinski definition) is 0. The monoisotopic (exact) mass is 281 g/mol. The van der Waals surface area contributed by atoms with Gasteiger partial charge in [-0.3, -0.25) is 4.99 Å². The first-order chi connectivity index (χ1) is 10.3. The van der Waals surface area contributed by atoms with Gasteiger partial charge in [0.25, 0.3) is 0 Å². The molecule has 0 aliphatic carbocycles. The highest BCUT2D eigenvalue weighted by Gasteiger charge is 2.24. The lowest BCUT2D eigenvalue weighted by Crippen LogP contribution is -1.99. The third-order valence-corrected chi connectivity index (χ3v) is 3.88. The highest BCUT2D eigenvalue weighted by Crippen LogP contribution is 2.37. The van der Waals surface area contributed by atoms with Crippen molar-refractivity contribution >= 4 is 5.71 Å². The third-order valence-electron chi connectivity index (χ3n) is 3.88. The minimum Gasteiger partial charge on any atom is -0.496 e. The molecule has 21 heavy (non-hydrogen) atoms. The first-order valence-electron chi connectivity index (χ1n) is 7.16. The summed E-state index contributed by atoms with van der Waals surface area (Å²) in [4.78, 5) is 4.90. The second kappa shape index (κ2) is 6.00. The summed E-state index contributed by atoms with van der Waals surface area (Å²) >= 11 is 0. The molecule has 0 aromatic heterocycles. The molecular weight excluding hydrogens is 262 g/mol. The predicted octanol–water partition coefficient (Wildman–Crippen LogP) is 4.03. The summed E-state index contributed by atoms with van der Waals surface area (Å²) < 4.78 is 10.9. The molecule has 2 aromatic rings. The smallest absolute Gasteiger partial charge is 0.127 e. The highest BCUT2D eigenvalue weighted by molar-refractivity contribution is 6.04. The standard InChI is InChI=1S/C18H19NO2/c1-20-17-9-5-3-7-13(17)15-11-12-16(19-15)14-8-4-6-10-18(14)21-2/h3-10,15H,11-12H2,1-2H3. The summed E-state index contributed by atoms with van der Waals surface area (Å²) in [5, 5.41) is 0. The van der Waals surface area contributed by atoms with Gasteiger partial charge < -0.3 is 9.47 Å². The Morgan fingerprint density at radius 3 is 2.33 bits per heavy atom. The Balaban J connectivity index is 1.94. The van der Waals surface area contributed by atoms with Crippen LogP contribution in [0.2, 0.25) is 0 Å². The number of benzene rings is 2. The van der Waals surface area contributed by atoms with Gasteiger partial charge in [-0.15, -0.1) is 0 Å². The van der Waals surface area contributed by atoms with E-state index in [9.17, 15) is 0 Å². The number of para-hydroxylation sites is 2. The summed E-state index contributed by atoms with van der Waals surface area (Å²) in [6, 6.07) is 16.3. The van der Waals surface area contributed by atoms with E-state index < -0.39 is 0 Å². The molecule has 0 bridgehead atoms. The van der Waals surface area contributed by atoms with Crippen LogP contribution in [0.15, 0.2) is 53.5 Å². The van der Waals surface area contributed by atoms with E-state index in [0.717, 1.165) is 41.2 Å². The summed E-state index contributed by atoms with van der Waals surface area (Å²) in [6.45, 7) is 0. The molecule has 108 valence electrons. The van der Waals surface area contributed by atoms with Crippen molar-refractivity contribution in [2.45, 2.75) is 18.9 Å². The van der Waals surface area contributed by atoms with Crippen molar-refractivity contribution in [3.8, 4) is 11.5 Å². The largest absolute Gasteiger partial charge is 0.496 e. The van der Waals surface area contributed by atoms with E-state index in [0.29, 0.717) is 0 Å². The van der Waals surface area contributed by atoms with Gasteiger partial charge in [0.15, 0.2) is 0 Å². The number of ether oxygens (including phenoxy) is 2. The highest BCUT2D eigenvalue weighted by atomic mass is 16.5. The number of methoxy groups -OCH3 is 2. The number of aliphatic imine (C=N–C) groups is 1. The maximum absolute atomic E-state index is 5.45. The van der Waals surface area contributed by atoms with E-state index in [1.807, 2.05) is 36.4 Å². The SMILES string of the molecule is COc1ccccc1C1=NC(c2ccccc2OC)CC1. The fourth-order valence-electron chi connectivity index (χ4n) is 2.84. The quantitative estimate of drug-likeness (QED) is 0.847. The van der Waals surface area contributed by atoms with Gasteiger partial charge in [0, 0.05) is 16.8 Å². The average molecular weight is 281 g/mol. The van der Waals surface area contributed by atoms with Crippen LogP contribution in [-0.2, 0) is 0 Å². The molecule has 0 N–H and O–H groups in total. The fourth-order valence-corrected chi connectivity index (χ4v) is 2.84. The average Bonchev–Trinajstić information content (AvgIpc) is 3.04. The maximum Gasteiger partial charge on any atom is 0.127 e. The van der Waals surface area contributed by atoms with Crippen molar-refractivity contribution in [2.24, 2.45) is 4.99 Å². The zero-order valence-corrected chi connectivity index (χ0v) is 12.4. The lowest BCUT2D eigenvalue weighted by Gasteiger charge is -2.11. The van der Waals surface area contributed by atoms with Crippen LogP contribution in [0.3, 0.4) is 0 Å². The first-order valence-corrected chi connectivity index (χ1v) is 7.16. The third kappa shape index (κ3) is 2.64. The van der Waals surface area contributed by atoms with Gasteiger partial charge >= 0.3 is 0 Å². The fraction of sp³-hybridized carbons (Fsp3) is 0.278. The Labute approximate surface area is 125 Å². The maximum atomic E-state index is 5.45. The van der Waals surface area contributed by atoms with Crippen LogP contribution in [0.5, 0.6) is 11.5 Å². The van der Waals surface area contributed by atoms with E-state index in [1.165, 1.54) is 0 Å². The van der Waals surface area contributed by atoms with Crippen molar-refractivity contribution < 1.29 is 9.47 Å². The first kappa shape index (κ1) is 13.7. The van der Waals surface area contributed by atoms with Crippen molar-refractivity contribution in [2.75, 3.05) is 14.2 Å². The van der Waals surface area contributed by atoms with Crippen LogP contribution in [0.4, 0.5) is 0 Å². The second-order valence-electron chi connectivity index (χ2n) is 5.07. The van der Waals surface area contributed by atoms with Gasteiger partial charge in [0.2, 0.25) is 0 Å². The molecule has 3 rings (SSSR count). The summed E-state index contributed by atoms with van der Waals surface area (Å²) in [6.07, 6.45) is 1.97. The molecule has 1 atom stereocenters. The van der Waals surface area contributed by atoms with E-state index >= 15 is 0 Å². The van der Waals surface area contributed by atoms with Crippen LogP contribution in [-0.4, -0.2) is 19.9 Å². The van der Waals surface area contributed by atoms with Crippen LogP contribution in [0.25, 0.3) is 0 Å². The topological polar surface area (TPSA) is 30.8 Å². The van der Waals surface area contributed by atoms with E-state index in [-0.39, 0.29) is 6.04 Å². The summed E-state index contributed by atoms with van der Waals surface area (Å²) in [5.41, 5.74) is 3.37. The van der Waals surface area contributed by atoms with Gasteiger partial charge in [-0.25, -0.2) is 0 Å². The lowest BCUT2D eigenvalue weighted by molar-refractivity contribution is 0.405. The Morgan fingerprint density at radius 1 is 0.905 bits per heavy atom. The molecule has 3 nitrogen and oxygen atoms in total. The van der Waals surface area contributed by atoms with Gasteiger partial charge in [0.05, 0.1) is 20.3 Å². The van der Waals surface area contributed by atoms with Crippen LogP contribution in [0, 0.1) is 0 Å². The Hall–Kier alpha value is -2.29. The number of rotatable bonds is 4. The van der Waals surface area contributed by atoms with Crippen LogP contribution in [0.1, 0.15) is 30.0 Å².